The Balaban J connectivity index is 3.01. The van der Waals surface area contributed by atoms with Crippen LogP contribution < -0.4 is 3.07 Å². The molecule has 43 valence electrons. The molecular weight excluding hydrogens is 301 g/mol. The molecular formula is C7H7HgO. The van der Waals surface area contributed by atoms with Crippen LogP contribution in [0, 0.1) is 0 Å². The number of aliphatic hydroxyl groups excluding tert-OH is 1. The number of aliphatic hydroxyl groups is 1. The molecule has 0 aromatic heterocycles. The zero-order valence-electron chi connectivity index (χ0n) is 5.17. The zero-order valence-corrected chi connectivity index (χ0v) is 10.7. The molecule has 0 fully saturated rings. The van der Waals surface area contributed by atoms with Gasteiger partial charge in [0.05, 0.1) is 0 Å². The Hall–Kier alpha value is 0.115. The van der Waals surface area contributed by atoms with Crippen LogP contribution in [0.25, 0.3) is 0 Å². The summed E-state index contributed by atoms with van der Waals surface area (Å²) in [5.74, 6) is 0. The molecule has 0 bridgehead atoms. The molecule has 0 aliphatic carbocycles. The van der Waals surface area contributed by atoms with Crippen molar-refractivity contribution in [3.05, 3.63) is 29.8 Å². The maximum atomic E-state index is 8.75. The second-order valence-electron chi connectivity index (χ2n) is 1.93. The molecule has 2 heteroatoms. The van der Waals surface area contributed by atoms with Crippen molar-refractivity contribution in [1.29, 1.82) is 0 Å². The van der Waals surface area contributed by atoms with E-state index in [1.807, 2.05) is 18.2 Å². The molecule has 1 nitrogen and oxygen atoms in total. The summed E-state index contributed by atoms with van der Waals surface area (Å²) in [6.45, 7) is 0.194. The normalized spacial score (nSPS) is 9.67. The summed E-state index contributed by atoms with van der Waals surface area (Å²) >= 11 is 0.639. The van der Waals surface area contributed by atoms with E-state index < -0.39 is 0 Å². The van der Waals surface area contributed by atoms with E-state index in [0.717, 1.165) is 5.56 Å². The molecule has 0 saturated carbocycles. The minimum atomic E-state index is 0.194. The van der Waals surface area contributed by atoms with E-state index in [1.54, 1.807) is 0 Å². The van der Waals surface area contributed by atoms with Crippen molar-refractivity contribution >= 4 is 3.07 Å². The van der Waals surface area contributed by atoms with Gasteiger partial charge in [-0.25, -0.2) is 0 Å². The zero-order chi connectivity index (χ0) is 6.69. The summed E-state index contributed by atoms with van der Waals surface area (Å²) in [6.07, 6.45) is 0. The standard InChI is InChI=1S/C7H7O.Hg/c8-6-7-4-2-1-3-5-7;/h1-4,8H,6H2;. The van der Waals surface area contributed by atoms with E-state index in [0.29, 0.717) is 26.1 Å². The SMILES string of the molecule is OCc1cccc[c]1[Hg]. The molecule has 0 atom stereocenters. The Bertz CT molecular complexity index is 198. The van der Waals surface area contributed by atoms with Gasteiger partial charge >= 0.3 is 70.7 Å². The first-order chi connectivity index (χ1) is 4.34. The molecule has 9 heavy (non-hydrogen) atoms. The van der Waals surface area contributed by atoms with E-state index in [-0.39, 0.29) is 6.61 Å². The third-order valence-corrected chi connectivity index (χ3v) is 3.97. The minimum absolute atomic E-state index is 0.194. The van der Waals surface area contributed by atoms with E-state index in [1.165, 1.54) is 3.07 Å². The fraction of sp³-hybridized carbons (Fsp3) is 0.143. The third kappa shape index (κ3) is 1.76. The number of rotatable bonds is 1. The van der Waals surface area contributed by atoms with E-state index in [9.17, 15) is 0 Å². The number of benzene rings is 1. The predicted octanol–water partition coefficient (Wildman–Crippen LogP) is 0.351. The molecule has 0 aliphatic rings. The van der Waals surface area contributed by atoms with Crippen LogP contribution in [0.3, 0.4) is 0 Å². The Kier molecular flexibility index (Phi) is 2.67. The van der Waals surface area contributed by atoms with Crippen molar-refractivity contribution in [2.45, 2.75) is 6.61 Å². The maximum absolute atomic E-state index is 8.75. The van der Waals surface area contributed by atoms with Crippen molar-refractivity contribution < 1.29 is 31.2 Å². The van der Waals surface area contributed by atoms with Crippen molar-refractivity contribution in [3.63, 3.8) is 0 Å². The van der Waals surface area contributed by atoms with Gasteiger partial charge in [-0.3, -0.25) is 0 Å². The molecule has 0 radical (unpaired) electrons. The fourth-order valence-corrected chi connectivity index (χ4v) is 2.13. The van der Waals surface area contributed by atoms with E-state index in [4.69, 9.17) is 5.11 Å². The van der Waals surface area contributed by atoms with E-state index in [2.05, 4.69) is 6.07 Å². The van der Waals surface area contributed by atoms with Gasteiger partial charge in [0, 0.05) is 0 Å². The van der Waals surface area contributed by atoms with Gasteiger partial charge in [-0.2, -0.15) is 0 Å². The van der Waals surface area contributed by atoms with Crippen molar-refractivity contribution in [2.75, 3.05) is 0 Å². The first-order valence-electron chi connectivity index (χ1n) is 2.85. The topological polar surface area (TPSA) is 20.2 Å². The van der Waals surface area contributed by atoms with Crippen LogP contribution in [0.15, 0.2) is 24.3 Å². The van der Waals surface area contributed by atoms with Crippen molar-refractivity contribution in [1.82, 2.24) is 0 Å². The van der Waals surface area contributed by atoms with Gasteiger partial charge in [0.2, 0.25) is 0 Å². The molecule has 0 spiro atoms. The number of hydrogen-bond donors (Lipinski definition) is 1. The van der Waals surface area contributed by atoms with Crippen molar-refractivity contribution in [3.8, 4) is 0 Å². The van der Waals surface area contributed by atoms with Gasteiger partial charge in [-0.05, 0) is 0 Å². The monoisotopic (exact) mass is 309 g/mol. The third-order valence-electron chi connectivity index (χ3n) is 1.29. The molecule has 0 heterocycles. The summed E-state index contributed by atoms with van der Waals surface area (Å²) < 4.78 is 1.35. The summed E-state index contributed by atoms with van der Waals surface area (Å²) in [6, 6.07) is 8.03. The second kappa shape index (κ2) is 3.33. The van der Waals surface area contributed by atoms with Crippen LogP contribution in [-0.4, -0.2) is 5.11 Å². The summed E-state index contributed by atoms with van der Waals surface area (Å²) in [5.41, 5.74) is 1.10. The molecule has 0 saturated heterocycles. The first-order valence-corrected chi connectivity index (χ1v) is 5.60. The van der Waals surface area contributed by atoms with Crippen molar-refractivity contribution in [2.24, 2.45) is 0 Å². The van der Waals surface area contributed by atoms with Gasteiger partial charge in [-0.15, -0.1) is 0 Å². The fourth-order valence-electron chi connectivity index (χ4n) is 0.712. The summed E-state index contributed by atoms with van der Waals surface area (Å²) in [4.78, 5) is 0. The predicted molar refractivity (Wildman–Crippen MR) is 32.0 cm³/mol. The average molecular weight is 308 g/mol. The van der Waals surface area contributed by atoms with Crippen LogP contribution >= 0.6 is 0 Å². The van der Waals surface area contributed by atoms with Gasteiger partial charge in [0.15, 0.2) is 0 Å². The molecule has 1 rings (SSSR count). The molecule has 1 aromatic rings. The molecule has 1 N–H and O–H groups in total. The first kappa shape index (κ1) is 7.22. The van der Waals surface area contributed by atoms with Crippen LogP contribution in [0.2, 0.25) is 0 Å². The molecule has 0 aliphatic heterocycles. The Morgan fingerprint density at radius 1 is 1.33 bits per heavy atom. The Morgan fingerprint density at radius 2 is 2.00 bits per heavy atom. The van der Waals surface area contributed by atoms with Crippen LogP contribution in [0.4, 0.5) is 0 Å². The summed E-state index contributed by atoms with van der Waals surface area (Å²) in [7, 11) is 0. The summed E-state index contributed by atoms with van der Waals surface area (Å²) in [5, 5.41) is 8.75. The van der Waals surface area contributed by atoms with Gasteiger partial charge in [-0.1, -0.05) is 0 Å². The second-order valence-corrected chi connectivity index (χ2v) is 4.89. The average Bonchev–Trinajstić information content (AvgIpc) is 1.89. The quantitative estimate of drug-likeness (QED) is 0.743. The molecule has 0 amide bonds. The number of hydrogen-bond acceptors (Lipinski definition) is 1. The van der Waals surface area contributed by atoms with Gasteiger partial charge in [0.1, 0.15) is 0 Å². The molecule has 1 aromatic carbocycles. The van der Waals surface area contributed by atoms with Crippen LogP contribution in [0.1, 0.15) is 5.56 Å². The Morgan fingerprint density at radius 3 is 2.44 bits per heavy atom. The molecule has 0 unspecified atom stereocenters. The van der Waals surface area contributed by atoms with E-state index >= 15 is 0 Å². The van der Waals surface area contributed by atoms with Gasteiger partial charge < -0.3 is 0 Å². The van der Waals surface area contributed by atoms with Crippen LogP contribution in [0.5, 0.6) is 0 Å². The Labute approximate surface area is 70.7 Å². The van der Waals surface area contributed by atoms with Gasteiger partial charge in [0.25, 0.3) is 0 Å². The van der Waals surface area contributed by atoms with Crippen LogP contribution in [-0.2, 0) is 32.7 Å².